The van der Waals surface area contributed by atoms with Gasteiger partial charge in [-0.25, -0.2) is 0 Å². The van der Waals surface area contributed by atoms with E-state index in [1.54, 1.807) is 33.5 Å². The van der Waals surface area contributed by atoms with Crippen molar-refractivity contribution in [3.8, 4) is 17.2 Å². The third-order valence-electron chi connectivity index (χ3n) is 5.65. The van der Waals surface area contributed by atoms with Crippen molar-refractivity contribution in [1.29, 1.82) is 0 Å². The number of hydrogen-bond acceptors (Lipinski definition) is 3. The van der Waals surface area contributed by atoms with Crippen molar-refractivity contribution in [3.63, 3.8) is 0 Å². The van der Waals surface area contributed by atoms with Crippen molar-refractivity contribution in [2.45, 2.75) is 19.3 Å². The van der Waals surface area contributed by atoms with Crippen LogP contribution in [0.25, 0.3) is 0 Å². The van der Waals surface area contributed by atoms with E-state index in [2.05, 4.69) is 0 Å². The molecule has 0 bridgehead atoms. The maximum atomic E-state index is 13.2. The molecule has 5 nitrogen and oxygen atoms in total. The van der Waals surface area contributed by atoms with E-state index < -0.39 is 11.7 Å². The highest BCUT2D eigenvalue weighted by Gasteiger charge is 2.34. The maximum Gasteiger partial charge on any atom is 0.416 e. The minimum absolute atomic E-state index is 0.366. The van der Waals surface area contributed by atoms with Crippen molar-refractivity contribution >= 4 is 0 Å². The van der Waals surface area contributed by atoms with Crippen LogP contribution < -0.4 is 24.0 Å². The van der Waals surface area contributed by atoms with Crippen LogP contribution >= 0.6 is 0 Å². The number of ether oxygens (including phenoxy) is 3. The van der Waals surface area contributed by atoms with Gasteiger partial charge in [-0.1, -0.05) is 18.2 Å². The highest BCUT2D eigenvalue weighted by molar-refractivity contribution is 5.50. The number of hydrogen-bond donors (Lipinski definition) is 2. The Morgan fingerprint density at radius 1 is 0.733 bits per heavy atom. The van der Waals surface area contributed by atoms with E-state index >= 15 is 0 Å². The van der Waals surface area contributed by atoms with Crippen molar-refractivity contribution in [2.75, 3.05) is 47.5 Å². The van der Waals surface area contributed by atoms with Gasteiger partial charge in [0.2, 0.25) is 0 Å². The van der Waals surface area contributed by atoms with E-state index in [1.165, 1.54) is 21.9 Å². The molecule has 3 rings (SSSR count). The minimum Gasteiger partial charge on any atom is -0.496 e. The van der Waals surface area contributed by atoms with Gasteiger partial charge in [0.25, 0.3) is 0 Å². The lowest BCUT2D eigenvalue weighted by Crippen LogP contribution is -3.27. The Kier molecular flexibility index (Phi) is 7.10. The Morgan fingerprint density at radius 2 is 1.23 bits per heavy atom. The summed E-state index contributed by atoms with van der Waals surface area (Å²) in [4.78, 5) is 2.54. The normalized spacial score (nSPS) is 19.4. The summed E-state index contributed by atoms with van der Waals surface area (Å²) in [5.41, 5.74) is 0.864. The predicted molar refractivity (Wildman–Crippen MR) is 106 cm³/mol. The molecule has 2 aromatic carbocycles. The molecule has 1 heterocycles. The van der Waals surface area contributed by atoms with Gasteiger partial charge in [-0.2, -0.15) is 13.2 Å². The van der Waals surface area contributed by atoms with Gasteiger partial charge < -0.3 is 24.0 Å². The average molecular weight is 426 g/mol. The van der Waals surface area contributed by atoms with E-state index in [4.69, 9.17) is 14.2 Å². The minimum atomic E-state index is -4.31. The fourth-order valence-corrected chi connectivity index (χ4v) is 4.03. The molecule has 30 heavy (non-hydrogen) atoms. The second-order valence-corrected chi connectivity index (χ2v) is 7.53. The highest BCUT2D eigenvalue weighted by Crippen LogP contribution is 2.34. The van der Waals surface area contributed by atoms with Gasteiger partial charge in [-0.3, -0.25) is 0 Å². The standard InChI is InChI=1S/C22H27F3N2O3/c1-28-19-13-21(30-3)20(29-2)12-17(19)15-27-10-8-26(9-11-27)14-16-6-4-5-7-18(16)22(23,24)25/h4-7,12-13H,8-11,14-15H2,1-3H3/p+2. The summed E-state index contributed by atoms with van der Waals surface area (Å²) >= 11 is 0. The zero-order valence-corrected chi connectivity index (χ0v) is 17.6. The van der Waals surface area contributed by atoms with E-state index in [0.717, 1.165) is 44.0 Å². The molecule has 0 amide bonds. The number of nitrogens with one attached hydrogen (secondary N) is 2. The number of quaternary nitrogens is 2. The molecular weight excluding hydrogens is 397 g/mol. The summed E-state index contributed by atoms with van der Waals surface area (Å²) < 4.78 is 56.0. The number of benzene rings is 2. The van der Waals surface area contributed by atoms with Crippen molar-refractivity contribution in [3.05, 3.63) is 53.1 Å². The molecule has 0 atom stereocenters. The molecule has 164 valence electrons. The molecule has 0 spiro atoms. The summed E-state index contributed by atoms with van der Waals surface area (Å²) in [6, 6.07) is 9.63. The zero-order chi connectivity index (χ0) is 21.7. The lowest BCUT2D eigenvalue weighted by atomic mass is 10.1. The summed E-state index contributed by atoms with van der Waals surface area (Å²) in [6.45, 7) is 4.54. The van der Waals surface area contributed by atoms with Gasteiger partial charge in [-0.05, 0) is 12.1 Å². The number of methoxy groups -OCH3 is 3. The Bertz CT molecular complexity index is 850. The topological polar surface area (TPSA) is 36.6 Å². The second kappa shape index (κ2) is 9.57. The van der Waals surface area contributed by atoms with Crippen LogP contribution in [0, 0.1) is 0 Å². The molecule has 0 saturated carbocycles. The molecule has 1 aliphatic rings. The molecule has 0 aromatic heterocycles. The molecule has 8 heteroatoms. The third-order valence-corrected chi connectivity index (χ3v) is 5.65. The van der Waals surface area contributed by atoms with Gasteiger partial charge >= 0.3 is 6.18 Å². The molecule has 0 radical (unpaired) electrons. The van der Waals surface area contributed by atoms with Crippen LogP contribution in [0.5, 0.6) is 17.2 Å². The highest BCUT2D eigenvalue weighted by atomic mass is 19.4. The Labute approximate surface area is 174 Å². The van der Waals surface area contributed by atoms with Crippen LogP contribution in [-0.2, 0) is 19.3 Å². The lowest BCUT2D eigenvalue weighted by Gasteiger charge is -2.30. The predicted octanol–water partition coefficient (Wildman–Crippen LogP) is 1.21. The van der Waals surface area contributed by atoms with Crippen LogP contribution in [0.15, 0.2) is 36.4 Å². The Hall–Kier alpha value is -2.45. The van der Waals surface area contributed by atoms with E-state index in [9.17, 15) is 13.2 Å². The quantitative estimate of drug-likeness (QED) is 0.699. The van der Waals surface area contributed by atoms with Gasteiger partial charge in [0.1, 0.15) is 45.0 Å². The molecule has 0 unspecified atom stereocenters. The van der Waals surface area contributed by atoms with Crippen LogP contribution in [0.1, 0.15) is 16.7 Å². The average Bonchev–Trinajstić information content (AvgIpc) is 2.74. The van der Waals surface area contributed by atoms with E-state index in [0.29, 0.717) is 23.6 Å². The molecular formula is C22H29F3N2O3+2. The smallest absolute Gasteiger partial charge is 0.416 e. The first kappa shape index (κ1) is 22.2. The molecule has 0 aliphatic carbocycles. The van der Waals surface area contributed by atoms with Gasteiger partial charge in [0.05, 0.1) is 32.5 Å². The van der Waals surface area contributed by atoms with E-state index in [1.807, 2.05) is 12.1 Å². The first-order valence-corrected chi connectivity index (χ1v) is 9.96. The summed E-state index contributed by atoms with van der Waals surface area (Å²) in [5.74, 6) is 2.01. The van der Waals surface area contributed by atoms with Gasteiger partial charge in [0, 0.05) is 11.6 Å². The molecule has 2 aromatic rings. The summed E-state index contributed by atoms with van der Waals surface area (Å²) in [7, 11) is 4.81. The fourth-order valence-electron chi connectivity index (χ4n) is 4.03. The second-order valence-electron chi connectivity index (χ2n) is 7.53. The van der Waals surface area contributed by atoms with Crippen LogP contribution in [0.4, 0.5) is 13.2 Å². The number of halogens is 3. The third kappa shape index (κ3) is 5.17. The number of rotatable bonds is 7. The largest absolute Gasteiger partial charge is 0.496 e. The van der Waals surface area contributed by atoms with Crippen LogP contribution in [-0.4, -0.2) is 47.5 Å². The Balaban J connectivity index is 1.63. The zero-order valence-electron chi connectivity index (χ0n) is 17.6. The molecule has 1 fully saturated rings. The first-order valence-electron chi connectivity index (χ1n) is 9.96. The molecule has 2 N–H and O–H groups in total. The Morgan fingerprint density at radius 3 is 1.77 bits per heavy atom. The fraction of sp³-hybridized carbons (Fsp3) is 0.455. The van der Waals surface area contributed by atoms with Crippen molar-refractivity contribution < 1.29 is 37.2 Å². The van der Waals surface area contributed by atoms with Gasteiger partial charge in [0.15, 0.2) is 11.5 Å². The molecule has 1 aliphatic heterocycles. The SMILES string of the molecule is COc1cc(OC)c(OC)cc1C[NH+]1CC[NH+](Cc2ccccc2C(F)(F)F)CC1. The summed E-state index contributed by atoms with van der Waals surface area (Å²) in [5, 5.41) is 0. The summed E-state index contributed by atoms with van der Waals surface area (Å²) in [6.07, 6.45) is -4.31. The van der Waals surface area contributed by atoms with Crippen molar-refractivity contribution in [1.82, 2.24) is 0 Å². The number of piperazine rings is 1. The van der Waals surface area contributed by atoms with E-state index in [-0.39, 0.29) is 0 Å². The van der Waals surface area contributed by atoms with Crippen molar-refractivity contribution in [2.24, 2.45) is 0 Å². The number of alkyl halides is 3. The lowest BCUT2D eigenvalue weighted by molar-refractivity contribution is -1.02. The maximum absolute atomic E-state index is 13.2. The van der Waals surface area contributed by atoms with Gasteiger partial charge in [-0.15, -0.1) is 0 Å². The van der Waals surface area contributed by atoms with Crippen LogP contribution in [0.2, 0.25) is 0 Å². The first-order chi connectivity index (χ1) is 14.4. The monoisotopic (exact) mass is 426 g/mol. The van der Waals surface area contributed by atoms with Crippen LogP contribution in [0.3, 0.4) is 0 Å². The molecule has 1 saturated heterocycles.